The van der Waals surface area contributed by atoms with E-state index in [9.17, 15) is 9.59 Å². The molecule has 0 aliphatic heterocycles. The van der Waals surface area contributed by atoms with E-state index >= 15 is 0 Å². The van der Waals surface area contributed by atoms with Crippen molar-refractivity contribution < 1.29 is 9.59 Å². The number of hydrogen-bond donors (Lipinski definition) is 1. The topological polar surface area (TPSA) is 62.3 Å². The van der Waals surface area contributed by atoms with Crippen LogP contribution in [0.5, 0.6) is 0 Å². The molecule has 0 atom stereocenters. The lowest BCUT2D eigenvalue weighted by atomic mass is 10.1. The number of carbonyl (C=O) groups excluding carboxylic acids is 2. The largest absolute Gasteiger partial charge is 0.344 e. The number of hydrogen-bond acceptors (Lipinski definition) is 4. The molecule has 1 saturated carbocycles. The molecule has 1 aromatic rings. The molecule has 2 rings (SSSR count). The Hall–Kier alpha value is -1.43. The molecule has 0 spiro atoms. The molecule has 1 heterocycles. The van der Waals surface area contributed by atoms with Gasteiger partial charge in [-0.2, -0.15) is 0 Å². The quantitative estimate of drug-likeness (QED) is 0.924. The van der Waals surface area contributed by atoms with E-state index in [1.165, 1.54) is 16.2 Å². The number of amides is 2. The van der Waals surface area contributed by atoms with Gasteiger partial charge in [-0.25, -0.2) is 4.98 Å². The van der Waals surface area contributed by atoms with Gasteiger partial charge in [-0.15, -0.1) is 0 Å². The minimum absolute atomic E-state index is 0.0371. The fourth-order valence-electron chi connectivity index (χ4n) is 2.25. The zero-order chi connectivity index (χ0) is 14.0. The molecular weight excluding hydrogens is 262 g/mol. The van der Waals surface area contributed by atoms with Crippen LogP contribution in [0.15, 0.2) is 0 Å². The maximum Gasteiger partial charge on any atom is 0.265 e. The van der Waals surface area contributed by atoms with Gasteiger partial charge in [0.15, 0.2) is 5.13 Å². The van der Waals surface area contributed by atoms with Gasteiger partial charge in [-0.05, 0) is 19.8 Å². The van der Waals surface area contributed by atoms with Crippen LogP contribution in [-0.4, -0.2) is 35.8 Å². The molecule has 1 N–H and O–H groups in total. The summed E-state index contributed by atoms with van der Waals surface area (Å²) in [5.74, 6) is 0.0728. The molecule has 0 saturated heterocycles. The van der Waals surface area contributed by atoms with Gasteiger partial charge in [0.2, 0.25) is 5.91 Å². The molecule has 1 aliphatic carbocycles. The van der Waals surface area contributed by atoms with Gasteiger partial charge >= 0.3 is 0 Å². The van der Waals surface area contributed by atoms with Crippen molar-refractivity contribution in [1.82, 2.24) is 9.88 Å². The van der Waals surface area contributed by atoms with Gasteiger partial charge in [0, 0.05) is 20.0 Å². The number of nitrogens with one attached hydrogen (secondary N) is 1. The molecule has 6 heteroatoms. The minimum atomic E-state index is -0.0728. The van der Waals surface area contributed by atoms with Gasteiger partial charge in [0.25, 0.3) is 5.91 Å². The van der Waals surface area contributed by atoms with Crippen LogP contribution in [0, 0.1) is 12.8 Å². The lowest BCUT2D eigenvalue weighted by Crippen LogP contribution is -2.21. The first-order valence-electron chi connectivity index (χ1n) is 6.49. The van der Waals surface area contributed by atoms with Crippen LogP contribution in [0.4, 0.5) is 5.13 Å². The van der Waals surface area contributed by atoms with E-state index in [2.05, 4.69) is 10.3 Å². The van der Waals surface area contributed by atoms with Crippen LogP contribution in [0.25, 0.3) is 0 Å². The third-order valence-electron chi connectivity index (χ3n) is 3.35. The summed E-state index contributed by atoms with van der Waals surface area (Å²) in [6.45, 7) is 1.79. The fraction of sp³-hybridized carbons (Fsp3) is 0.615. The minimum Gasteiger partial charge on any atom is -0.344 e. The maximum atomic E-state index is 12.0. The summed E-state index contributed by atoms with van der Waals surface area (Å²) in [6.07, 6.45) is 4.16. The van der Waals surface area contributed by atoms with Crippen molar-refractivity contribution in [3.63, 3.8) is 0 Å². The maximum absolute atomic E-state index is 12.0. The summed E-state index contributed by atoms with van der Waals surface area (Å²) in [6, 6.07) is 0. The standard InChI is InChI=1S/C13H19N3O2S/c1-8-10(12(18)16(2)3)19-13(14-8)15-11(17)9-6-4-5-7-9/h9H,4-7H2,1-3H3,(H,14,15,17). The Morgan fingerprint density at radius 3 is 2.53 bits per heavy atom. The molecule has 0 radical (unpaired) electrons. The van der Waals surface area contributed by atoms with Crippen LogP contribution in [0.2, 0.25) is 0 Å². The van der Waals surface area contributed by atoms with Gasteiger partial charge in [-0.1, -0.05) is 24.2 Å². The number of thiazole rings is 1. The summed E-state index contributed by atoms with van der Waals surface area (Å²) >= 11 is 1.25. The molecule has 19 heavy (non-hydrogen) atoms. The van der Waals surface area contributed by atoms with Crippen LogP contribution in [0.1, 0.15) is 41.0 Å². The highest BCUT2D eigenvalue weighted by atomic mass is 32.1. The number of anilines is 1. The summed E-state index contributed by atoms with van der Waals surface area (Å²) in [7, 11) is 3.41. The van der Waals surface area contributed by atoms with Crippen molar-refractivity contribution in [3.8, 4) is 0 Å². The Morgan fingerprint density at radius 2 is 1.95 bits per heavy atom. The Labute approximate surface area is 117 Å². The molecule has 5 nitrogen and oxygen atoms in total. The molecule has 2 amide bonds. The predicted octanol–water partition coefficient (Wildman–Crippen LogP) is 2.28. The normalized spacial score (nSPS) is 15.5. The van der Waals surface area contributed by atoms with Gasteiger partial charge in [-0.3, -0.25) is 9.59 Å². The fourth-order valence-corrected chi connectivity index (χ4v) is 3.24. The number of aryl methyl sites for hydroxylation is 1. The number of nitrogens with zero attached hydrogens (tertiary/aromatic N) is 2. The van der Waals surface area contributed by atoms with Crippen LogP contribution in [0.3, 0.4) is 0 Å². The van der Waals surface area contributed by atoms with Crippen molar-refractivity contribution in [2.24, 2.45) is 5.92 Å². The van der Waals surface area contributed by atoms with E-state index in [4.69, 9.17) is 0 Å². The second kappa shape index (κ2) is 5.69. The average Bonchev–Trinajstić information content (AvgIpc) is 2.97. The Kier molecular flexibility index (Phi) is 4.19. The molecule has 1 fully saturated rings. The SMILES string of the molecule is Cc1nc(NC(=O)C2CCCC2)sc1C(=O)N(C)C. The first-order valence-corrected chi connectivity index (χ1v) is 7.30. The Balaban J connectivity index is 2.07. The van der Waals surface area contributed by atoms with Crippen LogP contribution < -0.4 is 5.32 Å². The summed E-state index contributed by atoms with van der Waals surface area (Å²) in [5.41, 5.74) is 0.672. The second-order valence-electron chi connectivity index (χ2n) is 5.10. The van der Waals surface area contributed by atoms with Crippen molar-refractivity contribution in [2.45, 2.75) is 32.6 Å². The zero-order valence-corrected chi connectivity index (χ0v) is 12.3. The van der Waals surface area contributed by atoms with Crippen molar-refractivity contribution in [1.29, 1.82) is 0 Å². The monoisotopic (exact) mass is 281 g/mol. The molecular formula is C13H19N3O2S. The smallest absolute Gasteiger partial charge is 0.265 e. The first kappa shape index (κ1) is 14.0. The van der Waals surface area contributed by atoms with E-state index < -0.39 is 0 Å². The van der Waals surface area contributed by atoms with E-state index in [1.807, 2.05) is 0 Å². The molecule has 0 unspecified atom stereocenters. The van der Waals surface area contributed by atoms with E-state index in [0.717, 1.165) is 25.7 Å². The van der Waals surface area contributed by atoms with Crippen molar-refractivity contribution in [3.05, 3.63) is 10.6 Å². The Morgan fingerprint density at radius 1 is 1.32 bits per heavy atom. The molecule has 1 aliphatic rings. The van der Waals surface area contributed by atoms with Crippen molar-refractivity contribution >= 4 is 28.3 Å². The lowest BCUT2D eigenvalue weighted by molar-refractivity contribution is -0.119. The molecule has 0 aromatic carbocycles. The number of aromatic nitrogens is 1. The molecule has 0 bridgehead atoms. The predicted molar refractivity (Wildman–Crippen MR) is 75.5 cm³/mol. The van der Waals surface area contributed by atoms with Gasteiger partial charge < -0.3 is 10.2 Å². The third-order valence-corrected chi connectivity index (χ3v) is 4.41. The van der Waals surface area contributed by atoms with Crippen LogP contribution >= 0.6 is 11.3 Å². The first-order chi connectivity index (χ1) is 8.99. The highest BCUT2D eigenvalue weighted by molar-refractivity contribution is 7.17. The highest BCUT2D eigenvalue weighted by Crippen LogP contribution is 2.28. The zero-order valence-electron chi connectivity index (χ0n) is 11.5. The van der Waals surface area contributed by atoms with E-state index in [-0.39, 0.29) is 17.7 Å². The lowest BCUT2D eigenvalue weighted by Gasteiger charge is -2.08. The average molecular weight is 281 g/mol. The molecule has 104 valence electrons. The third kappa shape index (κ3) is 3.12. The number of rotatable bonds is 3. The summed E-state index contributed by atoms with van der Waals surface area (Å²) < 4.78 is 0. The highest BCUT2D eigenvalue weighted by Gasteiger charge is 2.24. The van der Waals surface area contributed by atoms with E-state index in [1.54, 1.807) is 21.0 Å². The van der Waals surface area contributed by atoms with Crippen molar-refractivity contribution in [2.75, 3.05) is 19.4 Å². The second-order valence-corrected chi connectivity index (χ2v) is 6.10. The van der Waals surface area contributed by atoms with E-state index in [0.29, 0.717) is 15.7 Å². The summed E-state index contributed by atoms with van der Waals surface area (Å²) in [5, 5.41) is 3.36. The number of carbonyl (C=O) groups is 2. The van der Waals surface area contributed by atoms with Gasteiger partial charge in [0.05, 0.1) is 5.69 Å². The summed E-state index contributed by atoms with van der Waals surface area (Å²) in [4.78, 5) is 30.3. The Bertz CT molecular complexity index is 490. The molecule has 1 aromatic heterocycles. The van der Waals surface area contributed by atoms with Gasteiger partial charge in [0.1, 0.15) is 4.88 Å². The van der Waals surface area contributed by atoms with Crippen LogP contribution in [-0.2, 0) is 4.79 Å².